The summed E-state index contributed by atoms with van der Waals surface area (Å²) in [6.45, 7) is 10.4. The van der Waals surface area contributed by atoms with Gasteiger partial charge in [0.1, 0.15) is 12.2 Å². The zero-order valence-electron chi connectivity index (χ0n) is 26.7. The van der Waals surface area contributed by atoms with Crippen molar-refractivity contribution >= 4 is 6.09 Å². The lowest BCUT2D eigenvalue weighted by molar-refractivity contribution is 0.0519. The summed E-state index contributed by atoms with van der Waals surface area (Å²) in [7, 11) is 0. The number of H-pyrrole nitrogens is 1. The van der Waals surface area contributed by atoms with Crippen LogP contribution in [0.4, 0.5) is 4.79 Å². The van der Waals surface area contributed by atoms with Crippen molar-refractivity contribution in [3.8, 4) is 28.5 Å². The van der Waals surface area contributed by atoms with Crippen molar-refractivity contribution in [2.24, 2.45) is 0 Å². The van der Waals surface area contributed by atoms with Gasteiger partial charge in [0.2, 0.25) is 0 Å². The topological polar surface area (TPSA) is 120 Å². The zero-order valence-corrected chi connectivity index (χ0v) is 26.7. The first kappa shape index (κ1) is 34.2. The van der Waals surface area contributed by atoms with Crippen LogP contribution in [-0.4, -0.2) is 35.2 Å². The molecule has 0 unspecified atom stereocenters. The Bertz CT molecular complexity index is 1430. The molecule has 0 saturated heterocycles. The van der Waals surface area contributed by atoms with E-state index in [0.29, 0.717) is 24.8 Å². The predicted octanol–water partition coefficient (Wildman–Crippen LogP) is 8.35. The number of nitrogens with one attached hydrogen (secondary N) is 2. The van der Waals surface area contributed by atoms with E-state index < -0.39 is 11.7 Å². The molecule has 1 amide bonds. The van der Waals surface area contributed by atoms with Gasteiger partial charge in [0.25, 0.3) is 11.4 Å². The van der Waals surface area contributed by atoms with E-state index in [1.807, 2.05) is 81.4 Å². The number of carbonyl (C=O) groups excluding carboxylic acids is 1. The van der Waals surface area contributed by atoms with Crippen LogP contribution in [0.1, 0.15) is 84.3 Å². The Labute approximate surface area is 260 Å². The fraction of sp³-hybridized carbons (Fsp3) is 0.457. The summed E-state index contributed by atoms with van der Waals surface area (Å²) in [6.07, 6.45) is 7.80. The van der Waals surface area contributed by atoms with Crippen LogP contribution in [0.15, 0.2) is 74.5 Å². The third-order valence-corrected chi connectivity index (χ3v) is 6.69. The highest BCUT2D eigenvalue weighted by Crippen LogP contribution is 2.32. The molecule has 9 nitrogen and oxygen atoms in total. The summed E-state index contributed by atoms with van der Waals surface area (Å²) in [5.41, 5.74) is 3.07. The summed E-state index contributed by atoms with van der Waals surface area (Å²) in [4.78, 5) is 23.3. The van der Waals surface area contributed by atoms with Gasteiger partial charge in [-0.1, -0.05) is 100 Å². The van der Waals surface area contributed by atoms with Crippen molar-refractivity contribution in [1.29, 1.82) is 0 Å². The van der Waals surface area contributed by atoms with E-state index in [1.165, 1.54) is 0 Å². The van der Waals surface area contributed by atoms with Gasteiger partial charge in [-0.25, -0.2) is 4.79 Å². The maximum Gasteiger partial charge on any atom is 0.407 e. The molecule has 0 aliphatic heterocycles. The van der Waals surface area contributed by atoms with E-state index >= 15 is 0 Å². The van der Waals surface area contributed by atoms with E-state index in [2.05, 4.69) is 29.5 Å². The monoisotopic (exact) mass is 605 g/mol. The number of hydrogen-bond acceptors (Lipinski definition) is 7. The van der Waals surface area contributed by atoms with E-state index in [0.717, 1.165) is 79.4 Å². The highest BCUT2D eigenvalue weighted by atomic mass is 16.6. The Morgan fingerprint density at radius 3 is 1.98 bits per heavy atom. The number of hydrogen-bond donors (Lipinski definition) is 2. The van der Waals surface area contributed by atoms with Crippen molar-refractivity contribution in [3.05, 3.63) is 82.1 Å². The van der Waals surface area contributed by atoms with Gasteiger partial charge < -0.3 is 23.8 Å². The van der Waals surface area contributed by atoms with E-state index in [4.69, 9.17) is 18.5 Å². The van der Waals surface area contributed by atoms with Gasteiger partial charge in [-0.05, 0) is 51.6 Å². The second-order valence-corrected chi connectivity index (χ2v) is 11.6. The number of benzene rings is 2. The molecule has 9 heteroatoms. The molecule has 0 bridgehead atoms. The largest absolute Gasteiger partial charge is 0.473 e. The first-order valence-electron chi connectivity index (χ1n) is 15.6. The van der Waals surface area contributed by atoms with Crippen molar-refractivity contribution < 1.29 is 23.3 Å². The molecule has 4 rings (SSSR count). The van der Waals surface area contributed by atoms with Crippen molar-refractivity contribution in [1.82, 2.24) is 15.6 Å². The summed E-state index contributed by atoms with van der Waals surface area (Å²) in [5, 5.41) is 9.21. The van der Waals surface area contributed by atoms with Gasteiger partial charge in [0.05, 0.1) is 17.7 Å². The molecule has 0 aliphatic rings. The minimum absolute atomic E-state index is 0.0973. The molecule has 2 aromatic carbocycles. The third-order valence-electron chi connectivity index (χ3n) is 6.69. The number of unbranched alkanes of at least 4 members (excludes halogenated alkanes) is 4. The SMILES string of the molecule is CCCCCc1c(-c2ccccc2)o[nH]c1=O.CCCCCc1c(OCCNC(=O)OC(C)(C)C)noc1-c1ccccc1. The normalized spacial score (nSPS) is 11.0. The Morgan fingerprint density at radius 2 is 1.41 bits per heavy atom. The molecule has 0 atom stereocenters. The molecule has 4 aromatic rings. The van der Waals surface area contributed by atoms with Crippen LogP contribution in [0.2, 0.25) is 0 Å². The number of aromatic amines is 1. The van der Waals surface area contributed by atoms with Crippen molar-refractivity contribution in [2.45, 2.75) is 91.6 Å². The highest BCUT2D eigenvalue weighted by molar-refractivity contribution is 5.67. The first-order valence-corrected chi connectivity index (χ1v) is 15.6. The van der Waals surface area contributed by atoms with E-state index in [9.17, 15) is 9.59 Å². The van der Waals surface area contributed by atoms with Gasteiger partial charge in [0.15, 0.2) is 11.5 Å². The lowest BCUT2D eigenvalue weighted by atomic mass is 10.0. The van der Waals surface area contributed by atoms with Crippen LogP contribution >= 0.6 is 0 Å². The molecule has 0 saturated carbocycles. The maximum atomic E-state index is 11.7. The average Bonchev–Trinajstić information content (AvgIpc) is 3.59. The Morgan fingerprint density at radius 1 is 0.841 bits per heavy atom. The lowest BCUT2D eigenvalue weighted by Gasteiger charge is -2.19. The van der Waals surface area contributed by atoms with E-state index in [-0.39, 0.29) is 5.56 Å². The molecule has 2 aromatic heterocycles. The minimum atomic E-state index is -0.520. The van der Waals surface area contributed by atoms with Crippen LogP contribution in [0.5, 0.6) is 5.88 Å². The molecule has 0 aliphatic carbocycles. The number of rotatable bonds is 14. The summed E-state index contributed by atoms with van der Waals surface area (Å²) >= 11 is 0. The molecular formula is C35H47N3O6. The maximum absolute atomic E-state index is 11.7. The molecule has 238 valence electrons. The Balaban J connectivity index is 0.000000266. The van der Waals surface area contributed by atoms with Crippen LogP contribution in [0.3, 0.4) is 0 Å². The molecule has 0 fully saturated rings. The first-order chi connectivity index (χ1) is 21.2. The molecule has 2 heterocycles. The average molecular weight is 606 g/mol. The van der Waals surface area contributed by atoms with Crippen molar-refractivity contribution in [3.63, 3.8) is 0 Å². The number of alkyl carbamates (subject to hydrolysis) is 1. The number of amides is 1. The third kappa shape index (κ3) is 11.1. The molecule has 0 radical (unpaired) electrons. The highest BCUT2D eigenvalue weighted by Gasteiger charge is 2.19. The second kappa shape index (κ2) is 17.8. The Hall–Kier alpha value is -4.27. The van der Waals surface area contributed by atoms with Gasteiger partial charge >= 0.3 is 6.09 Å². The smallest absolute Gasteiger partial charge is 0.407 e. The van der Waals surface area contributed by atoms with Gasteiger partial charge in [-0.2, -0.15) is 5.16 Å². The fourth-order valence-electron chi connectivity index (χ4n) is 4.54. The van der Waals surface area contributed by atoms with Crippen LogP contribution < -0.4 is 15.6 Å². The fourth-order valence-corrected chi connectivity index (χ4v) is 4.54. The lowest BCUT2D eigenvalue weighted by Crippen LogP contribution is -2.34. The van der Waals surface area contributed by atoms with Crippen LogP contribution in [0, 0.1) is 0 Å². The molecular weight excluding hydrogens is 558 g/mol. The summed E-state index contributed by atoms with van der Waals surface area (Å²) < 4.78 is 21.8. The number of nitrogens with zero attached hydrogens (tertiary/aromatic N) is 1. The second-order valence-electron chi connectivity index (χ2n) is 11.6. The van der Waals surface area contributed by atoms with Gasteiger partial charge in [-0.3, -0.25) is 4.79 Å². The molecule has 0 spiro atoms. The number of carbonyl (C=O) groups is 1. The Kier molecular flexibility index (Phi) is 13.8. The predicted molar refractivity (Wildman–Crippen MR) is 173 cm³/mol. The quantitative estimate of drug-likeness (QED) is 0.139. The van der Waals surface area contributed by atoms with E-state index in [1.54, 1.807) is 0 Å². The standard InChI is InChI=1S/C21H30N2O4.C14H17NO2/c1-5-6-8-13-17-18(16-11-9-7-10-12-16)27-23-19(17)25-15-14-22-20(24)26-21(2,3)4;1-2-3-5-10-12-13(17-15-14(12)16)11-8-6-4-7-9-11/h7,9-12H,5-6,8,13-15H2,1-4H3,(H,22,24);4,6-9H,2-3,5,10H2,1H3,(H,15,16). The minimum Gasteiger partial charge on any atom is -0.473 e. The van der Waals surface area contributed by atoms with Gasteiger partial charge in [0, 0.05) is 11.1 Å². The summed E-state index contributed by atoms with van der Waals surface area (Å²) in [6, 6.07) is 19.6. The molecule has 44 heavy (non-hydrogen) atoms. The van der Waals surface area contributed by atoms with Crippen LogP contribution in [-0.2, 0) is 17.6 Å². The summed E-state index contributed by atoms with van der Waals surface area (Å²) in [5.74, 6) is 1.93. The zero-order chi connectivity index (χ0) is 31.8. The number of aromatic nitrogens is 2. The van der Waals surface area contributed by atoms with Crippen molar-refractivity contribution in [2.75, 3.05) is 13.2 Å². The van der Waals surface area contributed by atoms with Crippen LogP contribution in [0.25, 0.3) is 22.6 Å². The van der Waals surface area contributed by atoms with Gasteiger partial charge in [-0.15, -0.1) is 0 Å². The number of ether oxygens (including phenoxy) is 2. The molecule has 2 N–H and O–H groups in total.